The second-order valence-corrected chi connectivity index (χ2v) is 7.93. The summed E-state index contributed by atoms with van der Waals surface area (Å²) in [5.74, 6) is 0.597. The molecular formula is C24H25N7O. The topological polar surface area (TPSA) is 88.8 Å². The lowest BCUT2D eigenvalue weighted by molar-refractivity contribution is 0.0934. The summed E-state index contributed by atoms with van der Waals surface area (Å²) in [6.07, 6.45) is 7.12. The summed E-state index contributed by atoms with van der Waals surface area (Å²) in [5.41, 5.74) is 3.06. The van der Waals surface area contributed by atoms with E-state index in [-0.39, 0.29) is 11.9 Å². The van der Waals surface area contributed by atoms with E-state index in [2.05, 4.69) is 25.3 Å². The van der Waals surface area contributed by atoms with Crippen molar-refractivity contribution in [2.45, 2.75) is 32.4 Å². The summed E-state index contributed by atoms with van der Waals surface area (Å²) in [4.78, 5) is 29.1. The Morgan fingerprint density at radius 2 is 1.97 bits per heavy atom. The normalized spacial score (nSPS) is 16.3. The van der Waals surface area contributed by atoms with E-state index < -0.39 is 0 Å². The Labute approximate surface area is 186 Å². The average Bonchev–Trinajstić information content (AvgIpc) is 3.28. The Morgan fingerprint density at radius 3 is 2.75 bits per heavy atom. The smallest absolute Gasteiger partial charge is 0.252 e. The van der Waals surface area contributed by atoms with Gasteiger partial charge in [-0.2, -0.15) is 5.10 Å². The van der Waals surface area contributed by atoms with E-state index in [4.69, 9.17) is 4.98 Å². The van der Waals surface area contributed by atoms with Gasteiger partial charge in [0.2, 0.25) is 5.95 Å². The molecule has 8 nitrogen and oxygen atoms in total. The first kappa shape index (κ1) is 20.1. The van der Waals surface area contributed by atoms with Gasteiger partial charge in [-0.15, -0.1) is 0 Å². The first-order valence-electron chi connectivity index (χ1n) is 11.0. The number of pyridine rings is 1. The molecule has 32 heavy (non-hydrogen) atoms. The van der Waals surface area contributed by atoms with Crippen molar-refractivity contribution in [3.8, 4) is 11.3 Å². The molecule has 1 aliphatic rings. The van der Waals surface area contributed by atoms with Crippen LogP contribution in [0.2, 0.25) is 0 Å². The molecule has 1 aliphatic heterocycles. The number of rotatable bonds is 5. The molecule has 3 aromatic heterocycles. The molecular weight excluding hydrogens is 402 g/mol. The predicted molar refractivity (Wildman–Crippen MR) is 123 cm³/mol. The molecule has 162 valence electrons. The third-order valence-electron chi connectivity index (χ3n) is 5.81. The maximum atomic E-state index is 13.4. The Balaban J connectivity index is 1.44. The molecule has 4 heterocycles. The molecule has 5 rings (SSSR count). The number of nitrogens with zero attached hydrogens (tertiary/aromatic N) is 6. The van der Waals surface area contributed by atoms with Crippen LogP contribution in [0.1, 0.15) is 30.1 Å². The molecule has 0 saturated carbocycles. The second kappa shape index (κ2) is 8.74. The summed E-state index contributed by atoms with van der Waals surface area (Å²) in [6, 6.07) is 13.6. The molecule has 1 atom stereocenters. The Bertz CT molecular complexity index is 1220. The number of hydrogen-bond acceptors (Lipinski definition) is 6. The van der Waals surface area contributed by atoms with Gasteiger partial charge in [0.05, 0.1) is 22.8 Å². The van der Waals surface area contributed by atoms with Crippen LogP contribution in [-0.4, -0.2) is 49.8 Å². The minimum Gasteiger partial charge on any atom is -0.348 e. The molecule has 4 aromatic rings. The van der Waals surface area contributed by atoms with E-state index in [0.29, 0.717) is 24.6 Å². The number of carbonyl (C=O) groups excluding carboxylic acids is 1. The Kier molecular flexibility index (Phi) is 5.49. The van der Waals surface area contributed by atoms with Crippen LogP contribution in [0.5, 0.6) is 0 Å². The van der Waals surface area contributed by atoms with Gasteiger partial charge in [0, 0.05) is 43.6 Å². The van der Waals surface area contributed by atoms with Gasteiger partial charge in [-0.25, -0.2) is 19.6 Å². The maximum absolute atomic E-state index is 13.4. The SMILES string of the molecule is CCn1ncc2c(C(=O)NC3CCCN(c4ncccn4)C3)cc(-c3ccccc3)nc21. The number of hydrogen-bond donors (Lipinski definition) is 1. The molecule has 1 unspecified atom stereocenters. The van der Waals surface area contributed by atoms with E-state index in [9.17, 15) is 4.79 Å². The van der Waals surface area contributed by atoms with Gasteiger partial charge < -0.3 is 10.2 Å². The van der Waals surface area contributed by atoms with Crippen molar-refractivity contribution < 1.29 is 4.79 Å². The highest BCUT2D eigenvalue weighted by atomic mass is 16.1. The van der Waals surface area contributed by atoms with E-state index in [1.165, 1.54) is 0 Å². The van der Waals surface area contributed by atoms with Crippen LogP contribution >= 0.6 is 0 Å². The van der Waals surface area contributed by atoms with Crippen molar-refractivity contribution >= 4 is 22.9 Å². The number of anilines is 1. The summed E-state index contributed by atoms with van der Waals surface area (Å²) in [5, 5.41) is 8.44. The van der Waals surface area contributed by atoms with Gasteiger partial charge in [-0.1, -0.05) is 30.3 Å². The first-order valence-corrected chi connectivity index (χ1v) is 11.0. The van der Waals surface area contributed by atoms with E-state index >= 15 is 0 Å². The fourth-order valence-electron chi connectivity index (χ4n) is 4.22. The van der Waals surface area contributed by atoms with Crippen molar-refractivity contribution in [3.05, 3.63) is 66.6 Å². The predicted octanol–water partition coefficient (Wildman–Crippen LogP) is 3.31. The zero-order valence-corrected chi connectivity index (χ0v) is 18.0. The fourth-order valence-corrected chi connectivity index (χ4v) is 4.22. The minimum atomic E-state index is -0.105. The van der Waals surface area contributed by atoms with Crippen molar-refractivity contribution in [1.82, 2.24) is 30.0 Å². The van der Waals surface area contributed by atoms with Crippen molar-refractivity contribution in [2.24, 2.45) is 0 Å². The van der Waals surface area contributed by atoms with Crippen molar-refractivity contribution in [1.29, 1.82) is 0 Å². The van der Waals surface area contributed by atoms with Crippen LogP contribution in [0.15, 0.2) is 61.1 Å². The van der Waals surface area contributed by atoms with Crippen molar-refractivity contribution in [3.63, 3.8) is 0 Å². The highest BCUT2D eigenvalue weighted by molar-refractivity contribution is 6.06. The standard InChI is InChI=1S/C24H25N7O/c1-2-31-22-20(15-27-31)19(14-21(29-22)17-8-4-3-5-9-17)23(32)28-18-10-6-13-30(16-18)24-25-11-7-12-26-24/h3-5,7-9,11-12,14-15,18H,2,6,10,13,16H2,1H3,(H,28,32). The molecule has 0 bridgehead atoms. The Morgan fingerprint density at radius 1 is 1.16 bits per heavy atom. The molecule has 1 N–H and O–H groups in total. The van der Waals surface area contributed by atoms with E-state index in [1.807, 2.05) is 54.1 Å². The summed E-state index contributed by atoms with van der Waals surface area (Å²) < 4.78 is 1.83. The van der Waals surface area contributed by atoms with Crippen LogP contribution in [0, 0.1) is 0 Å². The van der Waals surface area contributed by atoms with Crippen LogP contribution in [0.3, 0.4) is 0 Å². The highest BCUT2D eigenvalue weighted by Crippen LogP contribution is 2.25. The first-order chi connectivity index (χ1) is 15.7. The number of piperidine rings is 1. The third-order valence-corrected chi connectivity index (χ3v) is 5.81. The van der Waals surface area contributed by atoms with Gasteiger partial charge in [0.1, 0.15) is 0 Å². The van der Waals surface area contributed by atoms with Gasteiger partial charge in [0.25, 0.3) is 5.91 Å². The lowest BCUT2D eigenvalue weighted by Crippen LogP contribution is -2.48. The summed E-state index contributed by atoms with van der Waals surface area (Å²) >= 11 is 0. The van der Waals surface area contributed by atoms with Crippen LogP contribution in [0.4, 0.5) is 5.95 Å². The van der Waals surface area contributed by atoms with Crippen LogP contribution < -0.4 is 10.2 Å². The molecule has 0 aliphatic carbocycles. The third kappa shape index (κ3) is 3.91. The van der Waals surface area contributed by atoms with Gasteiger partial charge in [-0.05, 0) is 31.9 Å². The van der Waals surface area contributed by atoms with Gasteiger partial charge >= 0.3 is 0 Å². The molecule has 0 spiro atoms. The zero-order chi connectivity index (χ0) is 21.9. The number of fused-ring (bicyclic) bond motifs is 1. The summed E-state index contributed by atoms with van der Waals surface area (Å²) in [7, 11) is 0. The molecule has 1 aromatic carbocycles. The second-order valence-electron chi connectivity index (χ2n) is 7.93. The van der Waals surface area contributed by atoms with Crippen LogP contribution in [0.25, 0.3) is 22.3 Å². The zero-order valence-electron chi connectivity index (χ0n) is 18.0. The van der Waals surface area contributed by atoms with Crippen LogP contribution in [-0.2, 0) is 6.54 Å². The molecule has 8 heteroatoms. The minimum absolute atomic E-state index is 0.0182. The molecule has 0 radical (unpaired) electrons. The number of amides is 1. The summed E-state index contributed by atoms with van der Waals surface area (Å²) in [6.45, 7) is 4.27. The molecule has 1 fully saturated rings. The molecule has 1 saturated heterocycles. The fraction of sp³-hybridized carbons (Fsp3) is 0.292. The average molecular weight is 428 g/mol. The quantitative estimate of drug-likeness (QED) is 0.526. The van der Waals surface area contributed by atoms with Gasteiger partial charge in [0.15, 0.2) is 5.65 Å². The lowest BCUT2D eigenvalue weighted by atomic mass is 10.0. The number of aryl methyl sites for hydroxylation is 1. The van der Waals surface area contributed by atoms with Crippen molar-refractivity contribution in [2.75, 3.05) is 18.0 Å². The maximum Gasteiger partial charge on any atom is 0.252 e. The highest BCUT2D eigenvalue weighted by Gasteiger charge is 2.25. The lowest BCUT2D eigenvalue weighted by Gasteiger charge is -2.33. The number of nitrogens with one attached hydrogen (secondary N) is 1. The molecule has 1 amide bonds. The van der Waals surface area contributed by atoms with E-state index in [1.54, 1.807) is 18.6 Å². The number of carbonyl (C=O) groups is 1. The largest absolute Gasteiger partial charge is 0.348 e. The number of aromatic nitrogens is 5. The van der Waals surface area contributed by atoms with Gasteiger partial charge in [-0.3, -0.25) is 4.79 Å². The monoisotopic (exact) mass is 427 g/mol. The number of benzene rings is 1. The Hall–Kier alpha value is -3.81. The van der Waals surface area contributed by atoms with E-state index in [0.717, 1.165) is 41.7 Å².